The fourth-order valence-corrected chi connectivity index (χ4v) is 1.93. The fourth-order valence-electron chi connectivity index (χ4n) is 1.30. The Kier molecular flexibility index (Phi) is 2.25. The number of halogens is 1. The van der Waals surface area contributed by atoms with E-state index in [2.05, 4.69) is 27.6 Å². The molecule has 0 amide bonds. The summed E-state index contributed by atoms with van der Waals surface area (Å²) in [6.07, 6.45) is 1.51. The topological polar surface area (TPSA) is 62.7 Å². The summed E-state index contributed by atoms with van der Waals surface area (Å²) >= 11 is 2.20. The average Bonchev–Trinajstić information content (AvgIpc) is 2.20. The van der Waals surface area contributed by atoms with E-state index in [1.165, 1.54) is 6.20 Å². The first kappa shape index (κ1) is 9.21. The van der Waals surface area contributed by atoms with Crippen molar-refractivity contribution < 1.29 is 0 Å². The number of nitrogen functional groups attached to an aromatic ring is 1. The quantitative estimate of drug-likeness (QED) is 0.758. The largest absolute Gasteiger partial charge is 0.397 e. The number of fused-ring (bicyclic) bond motifs is 1. The van der Waals surface area contributed by atoms with Gasteiger partial charge in [0.05, 0.1) is 16.8 Å². The monoisotopic (exact) mass is 295 g/mol. The second-order valence-corrected chi connectivity index (χ2v) is 4.00. The molecule has 1 aromatic carbocycles. The third kappa shape index (κ3) is 1.30. The third-order valence-corrected chi connectivity index (χ3v) is 2.88. The van der Waals surface area contributed by atoms with Crippen LogP contribution >= 0.6 is 22.6 Å². The zero-order valence-electron chi connectivity index (χ0n) is 7.16. The minimum absolute atomic E-state index is 0.430. The molecular weight excluding hydrogens is 289 g/mol. The second-order valence-electron chi connectivity index (χ2n) is 2.83. The summed E-state index contributed by atoms with van der Waals surface area (Å²) in [6, 6.07) is 7.76. The van der Waals surface area contributed by atoms with Crippen LogP contribution in [0.3, 0.4) is 0 Å². The molecule has 68 valence electrons. The van der Waals surface area contributed by atoms with Gasteiger partial charge in [-0.1, -0.05) is 12.1 Å². The van der Waals surface area contributed by atoms with E-state index in [-0.39, 0.29) is 0 Å². The molecule has 2 N–H and O–H groups in total. The maximum atomic E-state index is 8.78. The maximum Gasteiger partial charge on any atom is 0.103 e. The maximum absolute atomic E-state index is 8.78. The zero-order chi connectivity index (χ0) is 10.1. The molecule has 0 saturated heterocycles. The lowest BCUT2D eigenvalue weighted by Gasteiger charge is -2.03. The molecule has 4 heteroatoms. The Labute approximate surface area is 94.7 Å². The number of para-hydroxylation sites is 1. The van der Waals surface area contributed by atoms with Gasteiger partial charge in [-0.25, -0.2) is 0 Å². The smallest absolute Gasteiger partial charge is 0.103 e. The zero-order valence-corrected chi connectivity index (χ0v) is 9.32. The highest BCUT2D eigenvalue weighted by atomic mass is 127. The number of benzene rings is 1. The third-order valence-electron chi connectivity index (χ3n) is 2.01. The van der Waals surface area contributed by atoms with E-state index in [9.17, 15) is 0 Å². The number of aromatic nitrogens is 1. The van der Waals surface area contributed by atoms with Crippen LogP contribution < -0.4 is 5.73 Å². The summed E-state index contributed by atoms with van der Waals surface area (Å²) in [5, 5.41) is 9.62. The molecule has 14 heavy (non-hydrogen) atoms. The molecule has 0 aliphatic rings. The number of nitriles is 1. The van der Waals surface area contributed by atoms with E-state index in [4.69, 9.17) is 11.0 Å². The highest BCUT2D eigenvalue weighted by molar-refractivity contribution is 14.1. The molecular formula is C10H6IN3. The van der Waals surface area contributed by atoms with E-state index < -0.39 is 0 Å². The number of anilines is 1. The van der Waals surface area contributed by atoms with Gasteiger partial charge in [0.1, 0.15) is 6.07 Å². The Morgan fingerprint density at radius 1 is 1.43 bits per heavy atom. The summed E-state index contributed by atoms with van der Waals surface area (Å²) in [4.78, 5) is 4.20. The highest BCUT2D eigenvalue weighted by Gasteiger charge is 2.06. The summed E-state index contributed by atoms with van der Waals surface area (Å²) in [5.74, 6) is 0. The Morgan fingerprint density at radius 2 is 2.21 bits per heavy atom. The van der Waals surface area contributed by atoms with Gasteiger partial charge in [0.15, 0.2) is 0 Å². The van der Waals surface area contributed by atoms with E-state index in [0.29, 0.717) is 11.3 Å². The molecule has 0 spiro atoms. The Hall–Kier alpha value is -1.35. The van der Waals surface area contributed by atoms with Crippen LogP contribution in [0.1, 0.15) is 5.56 Å². The van der Waals surface area contributed by atoms with Crippen molar-refractivity contribution in [3.8, 4) is 6.07 Å². The molecule has 0 saturated carbocycles. The van der Waals surface area contributed by atoms with Crippen LogP contribution in [0, 0.1) is 14.9 Å². The molecule has 0 fully saturated rings. The van der Waals surface area contributed by atoms with Crippen molar-refractivity contribution in [1.82, 2.24) is 4.98 Å². The van der Waals surface area contributed by atoms with E-state index in [1.807, 2.05) is 24.3 Å². The Balaban J connectivity index is 2.92. The predicted molar refractivity (Wildman–Crippen MR) is 63.6 cm³/mol. The van der Waals surface area contributed by atoms with E-state index in [1.54, 1.807) is 0 Å². The minimum atomic E-state index is 0.430. The molecule has 0 unspecified atom stereocenters. The van der Waals surface area contributed by atoms with Crippen LogP contribution in [0.5, 0.6) is 0 Å². The lowest BCUT2D eigenvalue weighted by molar-refractivity contribution is 1.36. The fraction of sp³-hybridized carbons (Fsp3) is 0. The standard InChI is InChI=1S/C10H6IN3/c11-8-3-1-2-7-9(13)6(4-12)5-14-10(7)8/h1-3,5H,(H2,13,14). The van der Waals surface area contributed by atoms with Crippen molar-refractivity contribution in [1.29, 1.82) is 5.26 Å². The van der Waals surface area contributed by atoms with Crippen LogP contribution in [0.15, 0.2) is 24.4 Å². The minimum Gasteiger partial charge on any atom is -0.397 e. The number of rotatable bonds is 0. The molecule has 0 radical (unpaired) electrons. The van der Waals surface area contributed by atoms with Gasteiger partial charge in [0, 0.05) is 15.2 Å². The van der Waals surface area contributed by atoms with Crippen LogP contribution in [-0.4, -0.2) is 4.98 Å². The van der Waals surface area contributed by atoms with E-state index >= 15 is 0 Å². The van der Waals surface area contributed by atoms with Crippen LogP contribution in [0.2, 0.25) is 0 Å². The highest BCUT2D eigenvalue weighted by Crippen LogP contribution is 2.25. The van der Waals surface area contributed by atoms with Gasteiger partial charge in [0.2, 0.25) is 0 Å². The number of hydrogen-bond acceptors (Lipinski definition) is 3. The Bertz CT molecular complexity index is 543. The molecule has 1 heterocycles. The lowest BCUT2D eigenvalue weighted by atomic mass is 10.1. The summed E-state index contributed by atoms with van der Waals surface area (Å²) in [5.41, 5.74) is 7.62. The average molecular weight is 295 g/mol. The molecule has 0 aliphatic carbocycles. The molecule has 0 bridgehead atoms. The van der Waals surface area contributed by atoms with Crippen molar-refractivity contribution in [2.45, 2.75) is 0 Å². The predicted octanol–water partition coefficient (Wildman–Crippen LogP) is 2.29. The van der Waals surface area contributed by atoms with Crippen LogP contribution in [0.25, 0.3) is 10.9 Å². The first-order chi connectivity index (χ1) is 6.74. The molecule has 2 rings (SSSR count). The molecule has 1 aromatic heterocycles. The Morgan fingerprint density at radius 3 is 2.93 bits per heavy atom. The summed E-state index contributed by atoms with van der Waals surface area (Å²) in [6.45, 7) is 0. The van der Waals surface area contributed by atoms with Gasteiger partial charge in [-0.15, -0.1) is 0 Å². The molecule has 0 aliphatic heterocycles. The first-order valence-electron chi connectivity index (χ1n) is 3.97. The molecule has 3 nitrogen and oxygen atoms in total. The van der Waals surface area contributed by atoms with Crippen molar-refractivity contribution in [2.75, 3.05) is 5.73 Å². The van der Waals surface area contributed by atoms with Gasteiger partial charge in [-0.2, -0.15) is 5.26 Å². The first-order valence-corrected chi connectivity index (χ1v) is 5.04. The van der Waals surface area contributed by atoms with Gasteiger partial charge in [0.25, 0.3) is 0 Å². The lowest BCUT2D eigenvalue weighted by Crippen LogP contribution is -1.95. The molecule has 2 aromatic rings. The number of nitrogens with two attached hydrogens (primary N) is 1. The van der Waals surface area contributed by atoms with Crippen molar-refractivity contribution in [2.24, 2.45) is 0 Å². The van der Waals surface area contributed by atoms with Gasteiger partial charge >= 0.3 is 0 Å². The number of hydrogen-bond donors (Lipinski definition) is 1. The van der Waals surface area contributed by atoms with Crippen LogP contribution in [0.4, 0.5) is 5.69 Å². The van der Waals surface area contributed by atoms with Crippen molar-refractivity contribution >= 4 is 39.2 Å². The van der Waals surface area contributed by atoms with Crippen molar-refractivity contribution in [3.05, 3.63) is 33.5 Å². The molecule has 0 atom stereocenters. The summed E-state index contributed by atoms with van der Waals surface area (Å²) < 4.78 is 1.04. The SMILES string of the molecule is N#Cc1cnc2c(I)cccc2c1N. The van der Waals surface area contributed by atoms with Gasteiger partial charge < -0.3 is 5.73 Å². The van der Waals surface area contributed by atoms with Gasteiger partial charge in [-0.3, -0.25) is 4.98 Å². The van der Waals surface area contributed by atoms with Gasteiger partial charge in [-0.05, 0) is 28.7 Å². The summed E-state index contributed by atoms with van der Waals surface area (Å²) in [7, 11) is 0. The van der Waals surface area contributed by atoms with Crippen molar-refractivity contribution in [3.63, 3.8) is 0 Å². The normalized spacial score (nSPS) is 10.0. The van der Waals surface area contributed by atoms with E-state index in [0.717, 1.165) is 14.5 Å². The van der Waals surface area contributed by atoms with Crippen LogP contribution in [-0.2, 0) is 0 Å². The second kappa shape index (κ2) is 3.42. The number of pyridine rings is 1. The number of nitrogens with zero attached hydrogens (tertiary/aromatic N) is 2.